The fraction of sp³-hybridized carbons (Fsp3) is 0.211. The summed E-state index contributed by atoms with van der Waals surface area (Å²) in [5, 5.41) is 3.04. The average Bonchev–Trinajstić information content (AvgIpc) is 2.53. The van der Waals surface area contributed by atoms with Crippen molar-refractivity contribution in [3.05, 3.63) is 77.4 Å². The second kappa shape index (κ2) is 7.44. The first-order valence-electron chi connectivity index (χ1n) is 7.29. The van der Waals surface area contributed by atoms with E-state index in [0.717, 1.165) is 17.5 Å². The van der Waals surface area contributed by atoms with Gasteiger partial charge in [0.05, 0.1) is 6.04 Å². The topological polar surface area (TPSA) is 29.1 Å². The second-order valence-electron chi connectivity index (χ2n) is 5.12. The lowest BCUT2D eigenvalue weighted by Crippen LogP contribution is -2.26. The average molecular weight is 279 g/mol. The molecule has 1 amide bonds. The molecule has 0 aliphatic rings. The molecule has 0 saturated carbocycles. The normalized spacial score (nSPS) is 12.3. The number of carbonyl (C=O) groups is 1. The van der Waals surface area contributed by atoms with E-state index >= 15 is 0 Å². The van der Waals surface area contributed by atoms with E-state index in [1.165, 1.54) is 5.56 Å². The third-order valence-corrected chi connectivity index (χ3v) is 3.43. The summed E-state index contributed by atoms with van der Waals surface area (Å²) in [6.45, 7) is 4.12. The van der Waals surface area contributed by atoms with Crippen molar-refractivity contribution in [2.24, 2.45) is 0 Å². The zero-order valence-electron chi connectivity index (χ0n) is 12.5. The first-order chi connectivity index (χ1) is 10.2. The van der Waals surface area contributed by atoms with Crippen molar-refractivity contribution in [1.29, 1.82) is 0 Å². The van der Waals surface area contributed by atoms with Crippen molar-refractivity contribution in [2.75, 3.05) is 0 Å². The first kappa shape index (κ1) is 15.0. The number of aryl methyl sites for hydroxylation is 1. The molecule has 21 heavy (non-hydrogen) atoms. The van der Waals surface area contributed by atoms with Gasteiger partial charge in [-0.2, -0.15) is 0 Å². The van der Waals surface area contributed by atoms with E-state index in [1.54, 1.807) is 6.08 Å². The van der Waals surface area contributed by atoms with E-state index in [0.29, 0.717) is 0 Å². The van der Waals surface area contributed by atoms with Gasteiger partial charge in [-0.15, -0.1) is 0 Å². The smallest absolute Gasteiger partial charge is 0.244 e. The molecule has 0 aliphatic heterocycles. The maximum Gasteiger partial charge on any atom is 0.244 e. The molecule has 0 aromatic heterocycles. The summed E-state index contributed by atoms with van der Waals surface area (Å²) in [4.78, 5) is 12.0. The second-order valence-corrected chi connectivity index (χ2v) is 5.12. The molecule has 1 N–H and O–H groups in total. The Morgan fingerprint density at radius 1 is 1.10 bits per heavy atom. The Morgan fingerprint density at radius 2 is 1.76 bits per heavy atom. The van der Waals surface area contributed by atoms with Crippen LogP contribution in [-0.2, 0) is 4.79 Å². The van der Waals surface area contributed by atoms with Crippen molar-refractivity contribution < 1.29 is 4.79 Å². The van der Waals surface area contributed by atoms with Crippen LogP contribution in [0.5, 0.6) is 0 Å². The SMILES string of the molecule is CCC(NC(=O)/C=C/c1ccc(C)cc1)c1ccccc1. The van der Waals surface area contributed by atoms with Gasteiger partial charge in [-0.1, -0.05) is 67.1 Å². The fourth-order valence-corrected chi connectivity index (χ4v) is 2.18. The molecule has 2 nitrogen and oxygen atoms in total. The third kappa shape index (κ3) is 4.60. The lowest BCUT2D eigenvalue weighted by atomic mass is 10.0. The molecule has 0 aliphatic carbocycles. The fourth-order valence-electron chi connectivity index (χ4n) is 2.18. The quantitative estimate of drug-likeness (QED) is 0.813. The van der Waals surface area contributed by atoms with Crippen LogP contribution in [0.2, 0.25) is 0 Å². The molecule has 0 radical (unpaired) electrons. The van der Waals surface area contributed by atoms with Gasteiger partial charge in [0.2, 0.25) is 5.91 Å². The summed E-state index contributed by atoms with van der Waals surface area (Å²) >= 11 is 0. The number of hydrogen-bond acceptors (Lipinski definition) is 1. The number of rotatable bonds is 5. The molecule has 0 bridgehead atoms. The molecular weight excluding hydrogens is 258 g/mol. The monoisotopic (exact) mass is 279 g/mol. The van der Waals surface area contributed by atoms with Crippen LogP contribution in [0.25, 0.3) is 6.08 Å². The number of amides is 1. The first-order valence-corrected chi connectivity index (χ1v) is 7.29. The minimum atomic E-state index is -0.0636. The van der Waals surface area contributed by atoms with E-state index in [1.807, 2.05) is 67.6 Å². The van der Waals surface area contributed by atoms with Crippen molar-refractivity contribution in [2.45, 2.75) is 26.3 Å². The molecular formula is C19H21NO. The van der Waals surface area contributed by atoms with Crippen LogP contribution in [0.1, 0.15) is 36.1 Å². The van der Waals surface area contributed by atoms with Crippen LogP contribution in [-0.4, -0.2) is 5.91 Å². The molecule has 2 aromatic rings. The summed E-state index contributed by atoms with van der Waals surface area (Å²) in [5.74, 6) is -0.0636. The summed E-state index contributed by atoms with van der Waals surface area (Å²) in [7, 11) is 0. The van der Waals surface area contributed by atoms with E-state index in [-0.39, 0.29) is 11.9 Å². The molecule has 108 valence electrons. The van der Waals surface area contributed by atoms with Gasteiger partial charge < -0.3 is 5.32 Å². The van der Waals surface area contributed by atoms with E-state index < -0.39 is 0 Å². The van der Waals surface area contributed by atoms with E-state index in [2.05, 4.69) is 12.2 Å². The van der Waals surface area contributed by atoms with Crippen LogP contribution < -0.4 is 5.32 Å². The molecule has 2 aromatic carbocycles. The van der Waals surface area contributed by atoms with Gasteiger partial charge >= 0.3 is 0 Å². The molecule has 1 unspecified atom stereocenters. The predicted molar refractivity (Wildman–Crippen MR) is 87.8 cm³/mol. The van der Waals surface area contributed by atoms with Crippen LogP contribution in [0.4, 0.5) is 0 Å². The Hall–Kier alpha value is -2.35. The molecule has 0 saturated heterocycles. The van der Waals surface area contributed by atoms with Gasteiger partial charge in [0.25, 0.3) is 0 Å². The Morgan fingerprint density at radius 3 is 2.38 bits per heavy atom. The standard InChI is InChI=1S/C19H21NO/c1-3-18(17-7-5-4-6-8-17)20-19(21)14-13-16-11-9-15(2)10-12-16/h4-14,18H,3H2,1-2H3,(H,20,21)/b14-13+. The van der Waals surface area contributed by atoms with Crippen molar-refractivity contribution >= 4 is 12.0 Å². The van der Waals surface area contributed by atoms with Gasteiger partial charge in [-0.25, -0.2) is 0 Å². The maximum atomic E-state index is 12.0. The minimum absolute atomic E-state index is 0.0568. The van der Waals surface area contributed by atoms with Gasteiger partial charge in [-0.05, 0) is 30.5 Å². The lowest BCUT2D eigenvalue weighted by Gasteiger charge is -2.16. The minimum Gasteiger partial charge on any atom is -0.346 e. The highest BCUT2D eigenvalue weighted by Crippen LogP contribution is 2.15. The van der Waals surface area contributed by atoms with Gasteiger partial charge in [0.1, 0.15) is 0 Å². The summed E-state index contributed by atoms with van der Waals surface area (Å²) in [6.07, 6.45) is 4.30. The van der Waals surface area contributed by atoms with Gasteiger partial charge in [-0.3, -0.25) is 4.79 Å². The molecule has 0 fully saturated rings. The number of carbonyl (C=O) groups excluding carboxylic acids is 1. The van der Waals surface area contributed by atoms with Crippen LogP contribution >= 0.6 is 0 Å². The Balaban J connectivity index is 1.98. The van der Waals surface area contributed by atoms with Crippen molar-refractivity contribution in [3.63, 3.8) is 0 Å². The van der Waals surface area contributed by atoms with Crippen molar-refractivity contribution in [3.8, 4) is 0 Å². The largest absolute Gasteiger partial charge is 0.346 e. The Bertz CT molecular complexity index is 599. The molecule has 2 rings (SSSR count). The summed E-state index contributed by atoms with van der Waals surface area (Å²) in [6, 6.07) is 18.2. The summed E-state index contributed by atoms with van der Waals surface area (Å²) < 4.78 is 0. The predicted octanol–water partition coefficient (Wildman–Crippen LogP) is 4.28. The highest BCUT2D eigenvalue weighted by atomic mass is 16.1. The molecule has 1 atom stereocenters. The van der Waals surface area contributed by atoms with Crippen molar-refractivity contribution in [1.82, 2.24) is 5.32 Å². The Kier molecular flexibility index (Phi) is 5.33. The molecule has 0 spiro atoms. The third-order valence-electron chi connectivity index (χ3n) is 3.43. The van der Waals surface area contributed by atoms with Crippen LogP contribution in [0.15, 0.2) is 60.7 Å². The van der Waals surface area contributed by atoms with E-state index in [9.17, 15) is 4.79 Å². The highest BCUT2D eigenvalue weighted by molar-refractivity contribution is 5.92. The van der Waals surface area contributed by atoms with Gasteiger partial charge in [0.15, 0.2) is 0 Å². The maximum absolute atomic E-state index is 12.0. The number of benzene rings is 2. The van der Waals surface area contributed by atoms with Crippen LogP contribution in [0, 0.1) is 6.92 Å². The number of nitrogens with one attached hydrogen (secondary N) is 1. The number of hydrogen-bond donors (Lipinski definition) is 1. The van der Waals surface area contributed by atoms with E-state index in [4.69, 9.17) is 0 Å². The molecule has 2 heteroatoms. The zero-order chi connectivity index (χ0) is 15.1. The zero-order valence-corrected chi connectivity index (χ0v) is 12.5. The summed E-state index contributed by atoms with van der Waals surface area (Å²) in [5.41, 5.74) is 3.38. The molecule has 0 heterocycles. The Labute approximate surface area is 126 Å². The van der Waals surface area contributed by atoms with Gasteiger partial charge in [0, 0.05) is 6.08 Å². The van der Waals surface area contributed by atoms with Crippen LogP contribution in [0.3, 0.4) is 0 Å². The highest BCUT2D eigenvalue weighted by Gasteiger charge is 2.10. The lowest BCUT2D eigenvalue weighted by molar-refractivity contribution is -0.117.